The van der Waals surface area contributed by atoms with Crippen LogP contribution in [0, 0.1) is 0 Å². The fourth-order valence-corrected chi connectivity index (χ4v) is 4.85. The molecule has 1 atom stereocenters. The number of anilines is 1. The average Bonchev–Trinajstić information content (AvgIpc) is 2.98. The van der Waals surface area contributed by atoms with E-state index < -0.39 is 9.71 Å². The van der Waals surface area contributed by atoms with Crippen LogP contribution in [0.5, 0.6) is 0 Å². The van der Waals surface area contributed by atoms with Gasteiger partial charge < -0.3 is 5.32 Å². The van der Waals surface area contributed by atoms with E-state index in [4.69, 9.17) is 0 Å². The molecule has 0 spiro atoms. The maximum Gasteiger partial charge on any atom is 0.272 e. The van der Waals surface area contributed by atoms with E-state index in [0.29, 0.717) is 23.5 Å². The summed E-state index contributed by atoms with van der Waals surface area (Å²) >= 11 is 0. The Morgan fingerprint density at radius 3 is 2.76 bits per heavy atom. The zero-order chi connectivity index (χ0) is 21.0. The molecule has 3 heterocycles. The van der Waals surface area contributed by atoms with E-state index in [1.807, 2.05) is 37.2 Å². The molecule has 4 rings (SSSR count). The minimum atomic E-state index is -2.15. The van der Waals surface area contributed by atoms with Crippen LogP contribution in [0.15, 0.2) is 28.0 Å². The first-order valence-corrected chi connectivity index (χ1v) is 12.0. The summed E-state index contributed by atoms with van der Waals surface area (Å²) in [4.78, 5) is 18.9. The molecular weight excluding hydrogens is 388 g/mol. The van der Waals surface area contributed by atoms with Crippen LogP contribution >= 0.6 is 0 Å². The molecule has 1 unspecified atom stereocenters. The van der Waals surface area contributed by atoms with Gasteiger partial charge in [0.1, 0.15) is 5.84 Å². The predicted molar refractivity (Wildman–Crippen MR) is 123 cm³/mol. The highest BCUT2D eigenvalue weighted by Crippen LogP contribution is 2.31. The largest absolute Gasteiger partial charge is 0.342 e. The van der Waals surface area contributed by atoms with Crippen LogP contribution in [-0.2, 0) is 9.71 Å². The number of H-pyrrole nitrogens is 1. The summed E-state index contributed by atoms with van der Waals surface area (Å²) in [6.07, 6.45) is 0.942. The number of aromatic nitrogens is 2. The van der Waals surface area contributed by atoms with E-state index in [9.17, 15) is 9.00 Å². The first kappa shape index (κ1) is 21.5. The second kappa shape index (κ2) is 9.06. The fraction of sp³-hybridized carbons (Fsp3) is 0.500. The van der Waals surface area contributed by atoms with Gasteiger partial charge in [0.05, 0.1) is 23.0 Å². The van der Waals surface area contributed by atoms with Crippen molar-refractivity contribution in [3.8, 4) is 0 Å². The van der Waals surface area contributed by atoms with Crippen molar-refractivity contribution in [2.75, 3.05) is 43.8 Å². The van der Waals surface area contributed by atoms with Crippen LogP contribution in [0.2, 0.25) is 0 Å². The molecule has 1 fully saturated rings. The molecule has 2 N–H and O–H groups in total. The van der Waals surface area contributed by atoms with Gasteiger partial charge in [-0.05, 0) is 31.0 Å². The summed E-state index contributed by atoms with van der Waals surface area (Å²) in [7, 11) is -2.15. The summed E-state index contributed by atoms with van der Waals surface area (Å²) < 4.78 is 14.6. The van der Waals surface area contributed by atoms with E-state index in [0.717, 1.165) is 49.5 Å². The Morgan fingerprint density at radius 2 is 2.00 bits per heavy atom. The van der Waals surface area contributed by atoms with Gasteiger partial charge in [0.25, 0.3) is 5.56 Å². The summed E-state index contributed by atoms with van der Waals surface area (Å²) in [6.45, 7) is 9.83. The predicted octanol–water partition coefficient (Wildman–Crippen LogP) is 2.06. The molecule has 1 aromatic heterocycles. The van der Waals surface area contributed by atoms with E-state index >= 15 is 0 Å². The molecular formula is C20H30N6O2S. The number of amidine groups is 1. The van der Waals surface area contributed by atoms with Crippen molar-refractivity contribution >= 4 is 43.7 Å². The van der Waals surface area contributed by atoms with Crippen LogP contribution in [0.1, 0.15) is 27.2 Å². The number of hydrogen-bond acceptors (Lipinski definition) is 6. The normalized spacial score (nSPS) is 19.3. The van der Waals surface area contributed by atoms with Gasteiger partial charge in [-0.25, -0.2) is 14.4 Å². The molecule has 9 heteroatoms. The highest BCUT2D eigenvalue weighted by Gasteiger charge is 2.23. The fourth-order valence-electron chi connectivity index (χ4n) is 3.61. The lowest BCUT2D eigenvalue weighted by atomic mass is 10.1. The van der Waals surface area contributed by atoms with E-state index in [1.54, 1.807) is 6.07 Å². The van der Waals surface area contributed by atoms with Gasteiger partial charge >= 0.3 is 0 Å². The number of benzene rings is 1. The first-order valence-electron chi connectivity index (χ1n) is 10.2. The molecule has 0 aliphatic carbocycles. The van der Waals surface area contributed by atoms with Crippen LogP contribution in [0.3, 0.4) is 0 Å². The lowest BCUT2D eigenvalue weighted by molar-refractivity contribution is 0.326. The van der Waals surface area contributed by atoms with Gasteiger partial charge in [0.15, 0.2) is 5.82 Å². The molecule has 0 saturated carbocycles. The molecule has 2 aliphatic rings. The molecule has 2 aliphatic heterocycles. The zero-order valence-corrected chi connectivity index (χ0v) is 18.2. The van der Waals surface area contributed by atoms with Crippen LogP contribution < -0.4 is 10.9 Å². The third kappa shape index (κ3) is 4.52. The van der Waals surface area contributed by atoms with E-state index in [-0.39, 0.29) is 5.56 Å². The van der Waals surface area contributed by atoms with Gasteiger partial charge in [-0.1, -0.05) is 26.8 Å². The SMILES string of the molecule is C=S(=O)(CC)N1CCCN(CC2=Nc3n[nH]c(=O)c4cccc(c34)N2)CC1.CC. The topological polar surface area (TPSA) is 93.7 Å². The van der Waals surface area contributed by atoms with E-state index in [1.165, 1.54) is 0 Å². The maximum absolute atomic E-state index is 12.6. The highest BCUT2D eigenvalue weighted by atomic mass is 32.2. The van der Waals surface area contributed by atoms with Crippen molar-refractivity contribution in [1.82, 2.24) is 19.4 Å². The van der Waals surface area contributed by atoms with Crippen molar-refractivity contribution in [1.29, 1.82) is 0 Å². The standard InChI is InChI=1S/C18H24N6O2S.C2H6/c1-3-27(2,26)24-9-5-8-23(10-11-24)12-15-19-14-7-4-6-13-16(14)17(20-15)21-22-18(13)25;1-2/h4,6-7H,2-3,5,8-12H2,1H3,(H,22,25)(H,19,20,21);1-2H3. The maximum atomic E-state index is 12.6. The second-order valence-electron chi connectivity index (χ2n) is 6.91. The Labute approximate surface area is 172 Å². The molecule has 1 saturated heterocycles. The van der Waals surface area contributed by atoms with Crippen LogP contribution in [0.4, 0.5) is 11.5 Å². The van der Waals surface area contributed by atoms with Crippen molar-refractivity contribution in [2.45, 2.75) is 27.2 Å². The molecule has 0 radical (unpaired) electrons. The number of aromatic amines is 1. The van der Waals surface area contributed by atoms with E-state index in [2.05, 4.69) is 31.3 Å². The lowest BCUT2D eigenvalue weighted by Crippen LogP contribution is -2.38. The minimum Gasteiger partial charge on any atom is -0.342 e. The van der Waals surface area contributed by atoms with Crippen LogP contribution in [-0.4, -0.2) is 73.8 Å². The molecule has 29 heavy (non-hydrogen) atoms. The third-order valence-electron chi connectivity index (χ3n) is 5.16. The number of rotatable bonds is 4. The summed E-state index contributed by atoms with van der Waals surface area (Å²) in [6, 6.07) is 5.56. The van der Waals surface area contributed by atoms with Gasteiger partial charge in [0.2, 0.25) is 0 Å². The lowest BCUT2D eigenvalue weighted by Gasteiger charge is -2.25. The Morgan fingerprint density at radius 1 is 1.21 bits per heavy atom. The molecule has 1 aromatic carbocycles. The van der Waals surface area contributed by atoms with Crippen molar-refractivity contribution < 1.29 is 4.21 Å². The van der Waals surface area contributed by atoms with Gasteiger partial charge in [0, 0.05) is 35.1 Å². The monoisotopic (exact) mass is 418 g/mol. The molecule has 0 amide bonds. The summed E-state index contributed by atoms with van der Waals surface area (Å²) in [5, 5.41) is 11.3. The summed E-state index contributed by atoms with van der Waals surface area (Å²) in [5.74, 6) is 5.82. The number of aliphatic imine (C=N–C) groups is 1. The molecule has 8 nitrogen and oxygen atoms in total. The number of nitrogens with zero attached hydrogens (tertiary/aromatic N) is 4. The Balaban J connectivity index is 0.00000117. The first-order chi connectivity index (χ1) is 14.0. The molecule has 0 bridgehead atoms. The Bertz CT molecular complexity index is 1060. The molecule has 158 valence electrons. The quantitative estimate of drug-likeness (QED) is 0.742. The number of hydrogen-bond donors (Lipinski definition) is 2. The minimum absolute atomic E-state index is 0.212. The highest BCUT2D eigenvalue weighted by molar-refractivity contribution is 7.98. The molecule has 2 aromatic rings. The second-order valence-corrected chi connectivity index (χ2v) is 9.55. The van der Waals surface area contributed by atoms with Gasteiger partial charge in [-0.15, -0.1) is 0 Å². The summed E-state index contributed by atoms with van der Waals surface area (Å²) in [5.41, 5.74) is 0.644. The zero-order valence-electron chi connectivity index (χ0n) is 17.4. The van der Waals surface area contributed by atoms with Crippen molar-refractivity contribution in [3.63, 3.8) is 0 Å². The van der Waals surface area contributed by atoms with Crippen molar-refractivity contribution in [3.05, 3.63) is 28.6 Å². The van der Waals surface area contributed by atoms with Gasteiger partial charge in [-0.2, -0.15) is 5.10 Å². The van der Waals surface area contributed by atoms with Gasteiger partial charge in [-0.3, -0.25) is 13.9 Å². The average molecular weight is 419 g/mol. The van der Waals surface area contributed by atoms with Crippen LogP contribution in [0.25, 0.3) is 10.8 Å². The van der Waals surface area contributed by atoms with Crippen molar-refractivity contribution in [2.24, 2.45) is 4.99 Å². The number of nitrogens with one attached hydrogen (secondary N) is 2. The Kier molecular flexibility index (Phi) is 6.71. The third-order valence-corrected chi connectivity index (χ3v) is 7.37. The Hall–Kier alpha value is -2.23. The smallest absolute Gasteiger partial charge is 0.272 e.